The monoisotopic (exact) mass is 747 g/mol. The first-order chi connectivity index (χ1) is 26.6. The van der Waals surface area contributed by atoms with E-state index in [1.54, 1.807) is 5.57 Å². The molecule has 0 radical (unpaired) electrons. The van der Waals surface area contributed by atoms with Crippen LogP contribution in [0.25, 0.3) is 54.8 Å². The first-order valence-electron chi connectivity index (χ1n) is 19.7. The highest BCUT2D eigenvalue weighted by atomic mass is 35.5. The zero-order valence-electron chi connectivity index (χ0n) is 31.8. The van der Waals surface area contributed by atoms with Gasteiger partial charge in [-0.25, -0.2) is 0 Å². The van der Waals surface area contributed by atoms with Gasteiger partial charge in [0, 0.05) is 42.5 Å². The zero-order chi connectivity index (χ0) is 37.2. The normalized spacial score (nSPS) is 17.0. The van der Waals surface area contributed by atoms with Crippen LogP contribution >= 0.6 is 22.9 Å². The van der Waals surface area contributed by atoms with Crippen LogP contribution in [-0.4, -0.2) is 0 Å². The number of benzene rings is 6. The van der Waals surface area contributed by atoms with Crippen molar-refractivity contribution in [3.8, 4) is 22.3 Å². The van der Waals surface area contributed by atoms with Gasteiger partial charge in [-0.2, -0.15) is 0 Å². The summed E-state index contributed by atoms with van der Waals surface area (Å²) < 4.78 is 1.35. The maximum atomic E-state index is 7.15. The molecule has 0 atom stereocenters. The fraction of sp³-hybridized carbons (Fsp3) is 0.192. The summed E-state index contributed by atoms with van der Waals surface area (Å²) in [5.41, 5.74) is 18.3. The smallest absolute Gasteiger partial charge is 0.0482 e. The minimum atomic E-state index is -0.0474. The Morgan fingerprint density at radius 3 is 2.29 bits per heavy atom. The molecule has 0 amide bonds. The molecule has 1 nitrogen and oxygen atoms in total. The topological polar surface area (TPSA) is 3.24 Å². The molecule has 55 heavy (non-hydrogen) atoms. The number of thiophene rings is 1. The third kappa shape index (κ3) is 4.97. The van der Waals surface area contributed by atoms with Gasteiger partial charge in [-0.3, -0.25) is 0 Å². The number of fused-ring (bicyclic) bond motifs is 9. The molecule has 0 spiro atoms. The van der Waals surface area contributed by atoms with Crippen molar-refractivity contribution >= 4 is 72.5 Å². The van der Waals surface area contributed by atoms with E-state index in [1.807, 2.05) is 11.3 Å². The summed E-state index contributed by atoms with van der Waals surface area (Å²) in [7, 11) is 0. The molecule has 0 unspecified atom stereocenters. The average molecular weight is 748 g/mol. The summed E-state index contributed by atoms with van der Waals surface area (Å²) in [4.78, 5) is 3.83. The van der Waals surface area contributed by atoms with Crippen molar-refractivity contribution < 1.29 is 0 Å². The molecule has 0 N–H and O–H groups in total. The minimum absolute atomic E-state index is 0.0262. The van der Waals surface area contributed by atoms with E-state index in [2.05, 4.69) is 166 Å². The molecule has 3 heteroatoms. The van der Waals surface area contributed by atoms with Gasteiger partial charge < -0.3 is 4.90 Å². The Balaban J connectivity index is 1.08. The summed E-state index contributed by atoms with van der Waals surface area (Å²) in [6.45, 7) is 9.50. The quantitative estimate of drug-likeness (QED) is 0.173. The van der Waals surface area contributed by atoms with Crippen LogP contribution in [0.5, 0.6) is 0 Å². The lowest BCUT2D eigenvalue weighted by Crippen LogP contribution is -2.18. The van der Waals surface area contributed by atoms with Gasteiger partial charge in [-0.15, -0.1) is 11.3 Å². The Morgan fingerprint density at radius 2 is 1.38 bits per heavy atom. The second kappa shape index (κ2) is 11.9. The number of hydrogen-bond donors (Lipinski definition) is 0. The molecule has 0 bridgehead atoms. The van der Waals surface area contributed by atoms with Gasteiger partial charge in [-0.1, -0.05) is 106 Å². The van der Waals surface area contributed by atoms with Gasteiger partial charge >= 0.3 is 0 Å². The van der Waals surface area contributed by atoms with E-state index in [0.717, 1.165) is 58.9 Å². The molecule has 0 saturated heterocycles. The van der Waals surface area contributed by atoms with Crippen molar-refractivity contribution in [2.75, 3.05) is 4.90 Å². The highest BCUT2D eigenvalue weighted by Gasteiger charge is 2.38. The van der Waals surface area contributed by atoms with Crippen molar-refractivity contribution in [1.29, 1.82) is 0 Å². The van der Waals surface area contributed by atoms with E-state index in [0.29, 0.717) is 0 Å². The largest absolute Gasteiger partial charge is 0.310 e. The van der Waals surface area contributed by atoms with Crippen LogP contribution in [0.3, 0.4) is 0 Å². The first kappa shape index (κ1) is 33.2. The van der Waals surface area contributed by atoms with Crippen LogP contribution < -0.4 is 4.90 Å². The Bertz CT molecular complexity index is 2890. The maximum Gasteiger partial charge on any atom is 0.0482 e. The van der Waals surface area contributed by atoms with Gasteiger partial charge in [-0.05, 0) is 170 Å². The van der Waals surface area contributed by atoms with Gasteiger partial charge in [0.1, 0.15) is 0 Å². The number of anilines is 3. The van der Waals surface area contributed by atoms with Crippen LogP contribution in [0.1, 0.15) is 79.7 Å². The predicted molar refractivity (Wildman–Crippen MR) is 238 cm³/mol. The summed E-state index contributed by atoms with van der Waals surface area (Å²) in [5.74, 6) is 0. The standard InChI is InChI=1S/C52H42ClNS/c1-51(2)45-14-8-6-12-40(45)43-29-36(19-21-47(43)51)54(37-20-22-50-44(30-37)41-13-7-10-16-49(41)55-50)38-25-34(24-35(53)28-38)31-17-18-32-26-42-39-11-5-9-15-46(39)52(3,4)48(42)27-33(32)23-31/h5-6,9-12,15-30H,7-8,13-14H2,1-4H3. The van der Waals surface area contributed by atoms with Crippen molar-refractivity contribution in [3.05, 3.63) is 171 Å². The molecule has 0 saturated carbocycles. The lowest BCUT2D eigenvalue weighted by molar-refractivity contribution is 0.607. The third-order valence-corrected chi connectivity index (χ3v) is 14.5. The molecule has 0 aliphatic heterocycles. The number of allylic oxidation sites excluding steroid dienone is 5. The van der Waals surface area contributed by atoms with Crippen molar-refractivity contribution in [2.24, 2.45) is 0 Å². The number of rotatable bonds is 4. The van der Waals surface area contributed by atoms with Gasteiger partial charge in [0.2, 0.25) is 0 Å². The molecule has 4 aliphatic carbocycles. The Morgan fingerprint density at radius 1 is 0.582 bits per heavy atom. The summed E-state index contributed by atoms with van der Waals surface area (Å²) >= 11 is 9.06. The summed E-state index contributed by atoms with van der Waals surface area (Å²) in [6, 6.07) is 41.4. The molecule has 268 valence electrons. The van der Waals surface area contributed by atoms with E-state index in [4.69, 9.17) is 11.6 Å². The lowest BCUT2D eigenvalue weighted by Gasteiger charge is -2.28. The Hall–Kier alpha value is -5.15. The average Bonchev–Trinajstić information content (AvgIpc) is 3.76. The molecule has 7 aromatic rings. The molecule has 6 aromatic carbocycles. The number of hydrogen-bond acceptors (Lipinski definition) is 2. The van der Waals surface area contributed by atoms with Crippen molar-refractivity contribution in [2.45, 2.75) is 64.2 Å². The number of halogens is 1. The first-order valence-corrected chi connectivity index (χ1v) is 20.9. The van der Waals surface area contributed by atoms with Crippen LogP contribution in [-0.2, 0) is 17.3 Å². The highest BCUT2D eigenvalue weighted by molar-refractivity contribution is 7.20. The molecule has 1 heterocycles. The summed E-state index contributed by atoms with van der Waals surface area (Å²) in [5, 5.41) is 4.60. The van der Waals surface area contributed by atoms with Gasteiger partial charge in [0.15, 0.2) is 0 Å². The van der Waals surface area contributed by atoms with Crippen molar-refractivity contribution in [1.82, 2.24) is 0 Å². The second-order valence-electron chi connectivity index (χ2n) is 16.9. The lowest BCUT2D eigenvalue weighted by atomic mass is 9.78. The highest BCUT2D eigenvalue weighted by Crippen LogP contribution is 2.53. The van der Waals surface area contributed by atoms with Crippen molar-refractivity contribution in [3.63, 3.8) is 0 Å². The Kier molecular flexibility index (Phi) is 7.20. The van der Waals surface area contributed by atoms with Gasteiger partial charge in [0.25, 0.3) is 0 Å². The van der Waals surface area contributed by atoms with Crippen LogP contribution in [0.15, 0.2) is 133 Å². The fourth-order valence-electron chi connectivity index (χ4n) is 10.2. The minimum Gasteiger partial charge on any atom is -0.310 e. The maximum absolute atomic E-state index is 7.15. The molecule has 4 aliphatic rings. The van der Waals surface area contributed by atoms with Gasteiger partial charge in [0.05, 0.1) is 0 Å². The summed E-state index contributed by atoms with van der Waals surface area (Å²) in [6.07, 6.45) is 13.7. The fourth-order valence-corrected chi connectivity index (χ4v) is 11.6. The SMILES string of the molecule is CC1(C)C2=C(C=CCC2)c2cc(N(c3cc(Cl)cc(-c4ccc5cc6c(cc5c4)C(C)(C)c4ccccc4-6)c3)c3ccc4sc5c(c4c3)CCC=C5)ccc21. The molecule has 0 fully saturated rings. The zero-order valence-corrected chi connectivity index (χ0v) is 33.3. The number of nitrogens with zero attached hydrogens (tertiary/aromatic N) is 1. The van der Waals surface area contributed by atoms with Crippen LogP contribution in [0.2, 0.25) is 5.02 Å². The predicted octanol–water partition coefficient (Wildman–Crippen LogP) is 15.5. The molecular formula is C52H42ClNS. The van der Waals surface area contributed by atoms with Crippen LogP contribution in [0.4, 0.5) is 17.1 Å². The second-order valence-corrected chi connectivity index (χ2v) is 18.4. The van der Waals surface area contributed by atoms with E-state index in [1.165, 1.54) is 70.3 Å². The van der Waals surface area contributed by atoms with E-state index >= 15 is 0 Å². The Labute approximate surface area is 332 Å². The van der Waals surface area contributed by atoms with E-state index in [9.17, 15) is 0 Å². The third-order valence-electron chi connectivity index (χ3n) is 13.1. The molecule has 11 rings (SSSR count). The molecular weight excluding hydrogens is 706 g/mol. The molecule has 1 aromatic heterocycles. The van der Waals surface area contributed by atoms with Crippen LogP contribution in [0, 0.1) is 0 Å². The van der Waals surface area contributed by atoms with E-state index in [-0.39, 0.29) is 10.8 Å². The number of aryl methyl sites for hydroxylation is 1. The van der Waals surface area contributed by atoms with E-state index < -0.39 is 0 Å².